The van der Waals surface area contributed by atoms with E-state index in [0.29, 0.717) is 30.3 Å². The van der Waals surface area contributed by atoms with Gasteiger partial charge in [-0.25, -0.2) is 4.98 Å². The highest BCUT2D eigenvalue weighted by Gasteiger charge is 2.84. The molecular weight excluding hydrogens is 634 g/mol. The van der Waals surface area contributed by atoms with Crippen LogP contribution < -0.4 is 0 Å². The second kappa shape index (κ2) is 11.7. The Morgan fingerprint density at radius 2 is 1.88 bits per heavy atom. The number of H-pyrrole nitrogens is 1. The Bertz CT molecular complexity index is 1450. The average Bonchev–Trinajstić information content (AvgIpc) is 3.33. The first-order valence-electron chi connectivity index (χ1n) is 19.7. The number of aromatic nitrogens is 2. The minimum atomic E-state index is -1.26. The Balaban J connectivity index is 1.01. The fraction of sp³-hybridized carbons (Fsp3) is 0.900. The number of aliphatic hydroxyl groups is 2. The van der Waals surface area contributed by atoms with Gasteiger partial charge >= 0.3 is 5.97 Å². The maximum Gasteiger partial charge on any atom is 0.303 e. The SMILES string of the molecule is CC(=O)O[C@@H](C1C[C@@H](C)[C@H]2C(O1)[C@H](O)[C@@]1(C)C3CC[C@H]4C(C)(C)[C@@H](O[C@H]5CN(Cc6ncc[nH]6)CCO5)CCC45CC35CCC21C)C(C)(C)O. The maximum atomic E-state index is 12.6. The smallest absolute Gasteiger partial charge is 0.303 e. The highest BCUT2D eigenvalue weighted by Crippen LogP contribution is 2.89. The summed E-state index contributed by atoms with van der Waals surface area (Å²) in [5, 5.41) is 23.7. The molecule has 1 aromatic rings. The summed E-state index contributed by atoms with van der Waals surface area (Å²) >= 11 is 0. The monoisotopic (exact) mass is 697 g/mol. The Hall–Kier alpha value is -1.56. The van der Waals surface area contributed by atoms with Crippen molar-refractivity contribution in [2.24, 2.45) is 50.7 Å². The second-order valence-electron chi connectivity index (χ2n) is 19.4. The first-order chi connectivity index (χ1) is 23.5. The van der Waals surface area contributed by atoms with E-state index >= 15 is 0 Å². The van der Waals surface area contributed by atoms with Crippen LogP contribution in [0.5, 0.6) is 0 Å². The molecule has 5 saturated carbocycles. The molecule has 7 fully saturated rings. The highest BCUT2D eigenvalue weighted by molar-refractivity contribution is 5.66. The molecule has 280 valence electrons. The molecule has 10 nitrogen and oxygen atoms in total. The molecule has 14 atom stereocenters. The Morgan fingerprint density at radius 3 is 2.58 bits per heavy atom. The largest absolute Gasteiger partial charge is 0.457 e. The van der Waals surface area contributed by atoms with E-state index in [1.54, 1.807) is 13.8 Å². The number of aromatic amines is 1. The third kappa shape index (κ3) is 4.93. The highest BCUT2D eigenvalue weighted by atomic mass is 16.7. The molecule has 7 aliphatic rings. The number of morpholine rings is 1. The summed E-state index contributed by atoms with van der Waals surface area (Å²) in [5.74, 6) is 2.05. The predicted molar refractivity (Wildman–Crippen MR) is 186 cm³/mol. The number of aliphatic hydroxyl groups excluding tert-OH is 1. The Kier molecular flexibility index (Phi) is 8.31. The lowest BCUT2D eigenvalue weighted by Crippen LogP contribution is -2.60. The summed E-state index contributed by atoms with van der Waals surface area (Å²) in [7, 11) is 0. The predicted octanol–water partition coefficient (Wildman–Crippen LogP) is 5.47. The number of nitrogens with one attached hydrogen (secondary N) is 1. The lowest BCUT2D eigenvalue weighted by atomic mass is 9.41. The summed E-state index contributed by atoms with van der Waals surface area (Å²) in [4.78, 5) is 22.1. The summed E-state index contributed by atoms with van der Waals surface area (Å²) in [6.07, 6.45) is 10.2. The summed E-state index contributed by atoms with van der Waals surface area (Å²) < 4.78 is 25.7. The van der Waals surface area contributed by atoms with Crippen molar-refractivity contribution < 1.29 is 34.0 Å². The van der Waals surface area contributed by atoms with Crippen molar-refractivity contribution in [2.75, 3.05) is 19.7 Å². The molecule has 2 spiro atoms. The number of hydrogen-bond donors (Lipinski definition) is 3. The normalized spacial score (nSPS) is 48.7. The average molecular weight is 698 g/mol. The minimum Gasteiger partial charge on any atom is -0.457 e. The number of esters is 1. The van der Waals surface area contributed by atoms with Gasteiger partial charge in [0.1, 0.15) is 5.82 Å². The third-order valence-corrected chi connectivity index (χ3v) is 16.5. The number of nitrogens with zero attached hydrogens (tertiary/aromatic N) is 2. The van der Waals surface area contributed by atoms with E-state index in [1.807, 2.05) is 12.4 Å². The van der Waals surface area contributed by atoms with Crippen molar-refractivity contribution in [3.8, 4) is 0 Å². The summed E-state index contributed by atoms with van der Waals surface area (Å²) in [6.45, 7) is 19.9. The van der Waals surface area contributed by atoms with Crippen molar-refractivity contribution in [3.63, 3.8) is 0 Å². The molecule has 6 unspecified atom stereocenters. The van der Waals surface area contributed by atoms with Gasteiger partial charge in [-0.2, -0.15) is 0 Å². The first kappa shape index (κ1) is 35.5. The van der Waals surface area contributed by atoms with Crippen LogP contribution in [0, 0.1) is 50.7 Å². The van der Waals surface area contributed by atoms with E-state index in [4.69, 9.17) is 18.9 Å². The van der Waals surface area contributed by atoms with Crippen molar-refractivity contribution >= 4 is 5.97 Å². The van der Waals surface area contributed by atoms with E-state index in [-0.39, 0.29) is 52.0 Å². The van der Waals surface area contributed by atoms with E-state index in [9.17, 15) is 15.0 Å². The summed E-state index contributed by atoms with van der Waals surface area (Å²) in [5.41, 5.74) is -1.03. The van der Waals surface area contributed by atoms with Gasteiger partial charge in [-0.05, 0) is 111 Å². The zero-order valence-electron chi connectivity index (χ0n) is 31.7. The van der Waals surface area contributed by atoms with Gasteiger partial charge in [0.2, 0.25) is 0 Å². The maximum absolute atomic E-state index is 12.6. The lowest BCUT2D eigenvalue weighted by molar-refractivity contribution is -0.249. The Morgan fingerprint density at radius 1 is 1.14 bits per heavy atom. The van der Waals surface area contributed by atoms with Gasteiger partial charge in [0.05, 0.1) is 49.7 Å². The molecule has 5 aliphatic carbocycles. The third-order valence-electron chi connectivity index (χ3n) is 16.5. The van der Waals surface area contributed by atoms with Crippen LogP contribution in [0.1, 0.15) is 113 Å². The van der Waals surface area contributed by atoms with Crippen LogP contribution >= 0.6 is 0 Å². The zero-order valence-corrected chi connectivity index (χ0v) is 31.7. The quantitative estimate of drug-likeness (QED) is 0.318. The number of carbonyl (C=O) groups excluding carboxylic acids is 1. The number of imidazole rings is 1. The molecule has 0 aromatic carbocycles. The fourth-order valence-electron chi connectivity index (χ4n) is 14.3. The van der Waals surface area contributed by atoms with Gasteiger partial charge in [0.15, 0.2) is 12.4 Å². The van der Waals surface area contributed by atoms with Crippen LogP contribution in [-0.2, 0) is 30.3 Å². The van der Waals surface area contributed by atoms with E-state index in [0.717, 1.165) is 51.1 Å². The van der Waals surface area contributed by atoms with Crippen LogP contribution in [-0.4, -0.2) is 93.2 Å². The van der Waals surface area contributed by atoms with E-state index in [2.05, 4.69) is 49.5 Å². The number of fused-ring (bicyclic) bond motifs is 4. The molecule has 2 saturated heterocycles. The molecular formula is C40H63N3O7. The van der Waals surface area contributed by atoms with E-state index in [1.165, 1.54) is 26.2 Å². The second-order valence-corrected chi connectivity index (χ2v) is 19.4. The van der Waals surface area contributed by atoms with Gasteiger partial charge < -0.3 is 34.1 Å². The van der Waals surface area contributed by atoms with Gasteiger partial charge in [-0.1, -0.05) is 34.6 Å². The standard InChI is InChI=1S/C40H63N3O7/c1-23-19-25(34(36(5,6)46)48-24(2)44)49-32-31(23)37(7)13-14-40-22-39(40)12-11-28(35(3,4)26(39)9-10-27(40)38(37,8)33(32)45)50-30-21-43(17-18-47-30)20-29-41-15-16-42-29/h15-16,23,25-28,30-34,45-46H,9-14,17-22H2,1-8H3,(H,41,42)/t23-,25?,26+,27?,28+,30+,31+,32?,33+,34+,37?,38-,39?,40?/m1/s1. The molecule has 10 heteroatoms. The van der Waals surface area contributed by atoms with Gasteiger partial charge in [0, 0.05) is 31.3 Å². The number of rotatable bonds is 7. The topological polar surface area (TPSA) is 126 Å². The Labute approximate surface area is 298 Å². The fourth-order valence-corrected chi connectivity index (χ4v) is 14.3. The molecule has 0 bridgehead atoms. The molecule has 0 amide bonds. The zero-order chi connectivity index (χ0) is 35.6. The minimum absolute atomic E-state index is 0.0248. The van der Waals surface area contributed by atoms with Crippen molar-refractivity contribution in [1.82, 2.24) is 14.9 Å². The van der Waals surface area contributed by atoms with Crippen LogP contribution in [0.15, 0.2) is 12.4 Å². The summed E-state index contributed by atoms with van der Waals surface area (Å²) in [6, 6.07) is 0. The molecule has 1 aromatic heterocycles. The van der Waals surface area contributed by atoms with Crippen molar-refractivity contribution in [2.45, 2.75) is 156 Å². The van der Waals surface area contributed by atoms with Crippen LogP contribution in [0.25, 0.3) is 0 Å². The molecule has 3 heterocycles. The van der Waals surface area contributed by atoms with Crippen molar-refractivity contribution in [1.29, 1.82) is 0 Å². The van der Waals surface area contributed by atoms with Crippen molar-refractivity contribution in [3.05, 3.63) is 18.2 Å². The number of carbonyl (C=O) groups is 1. The molecule has 0 radical (unpaired) electrons. The van der Waals surface area contributed by atoms with Gasteiger partial charge in [-0.3, -0.25) is 9.69 Å². The van der Waals surface area contributed by atoms with Gasteiger partial charge in [-0.15, -0.1) is 0 Å². The number of ether oxygens (including phenoxy) is 4. The van der Waals surface area contributed by atoms with Crippen LogP contribution in [0.3, 0.4) is 0 Å². The molecule has 50 heavy (non-hydrogen) atoms. The molecule has 2 aliphatic heterocycles. The van der Waals surface area contributed by atoms with Crippen LogP contribution in [0.4, 0.5) is 0 Å². The molecule has 3 N–H and O–H groups in total. The van der Waals surface area contributed by atoms with E-state index < -0.39 is 29.9 Å². The van der Waals surface area contributed by atoms with Crippen LogP contribution in [0.2, 0.25) is 0 Å². The molecule has 8 rings (SSSR count). The number of hydrogen-bond acceptors (Lipinski definition) is 9. The van der Waals surface area contributed by atoms with Gasteiger partial charge in [0.25, 0.3) is 0 Å². The lowest BCUT2D eigenvalue weighted by Gasteiger charge is -2.64. The first-order valence-corrected chi connectivity index (χ1v) is 19.7.